The molecule has 0 radical (unpaired) electrons. The summed E-state index contributed by atoms with van der Waals surface area (Å²) in [5.41, 5.74) is 2.09. The summed E-state index contributed by atoms with van der Waals surface area (Å²) in [7, 11) is 0. The largest absolute Gasteiger partial charge is 0.373 e. The summed E-state index contributed by atoms with van der Waals surface area (Å²) in [5.74, 6) is 2.34. The summed E-state index contributed by atoms with van der Waals surface area (Å²) in [6, 6.07) is 14.2. The van der Waals surface area contributed by atoms with Gasteiger partial charge in [0.2, 0.25) is 0 Å². The molecule has 1 aliphatic rings. The predicted molar refractivity (Wildman–Crippen MR) is 94.0 cm³/mol. The van der Waals surface area contributed by atoms with Crippen LogP contribution >= 0.6 is 0 Å². The molecule has 6 nitrogen and oxygen atoms in total. The molecule has 3 aromatic rings. The molecule has 0 saturated carbocycles. The highest BCUT2D eigenvalue weighted by atomic mass is 16.5. The molecule has 2 unspecified atom stereocenters. The molecule has 0 bridgehead atoms. The van der Waals surface area contributed by atoms with Gasteiger partial charge < -0.3 is 14.6 Å². The maximum absolute atomic E-state index is 5.94. The SMILES string of the molecule is Cc1noc(-c2ccnc(NCC3CCOC3c3ccccc3)c2)n1. The van der Waals surface area contributed by atoms with Crippen LogP contribution < -0.4 is 5.32 Å². The average Bonchev–Trinajstić information content (AvgIpc) is 3.30. The van der Waals surface area contributed by atoms with E-state index in [1.54, 1.807) is 13.1 Å². The lowest BCUT2D eigenvalue weighted by Crippen LogP contribution is -2.18. The highest BCUT2D eigenvalue weighted by Crippen LogP contribution is 2.34. The zero-order valence-electron chi connectivity index (χ0n) is 14.1. The van der Waals surface area contributed by atoms with Gasteiger partial charge in [0.05, 0.1) is 6.10 Å². The number of hydrogen-bond donors (Lipinski definition) is 1. The van der Waals surface area contributed by atoms with E-state index in [0.717, 1.165) is 31.0 Å². The Hall–Kier alpha value is -2.73. The summed E-state index contributed by atoms with van der Waals surface area (Å²) >= 11 is 0. The number of benzene rings is 1. The highest BCUT2D eigenvalue weighted by Gasteiger charge is 2.29. The number of anilines is 1. The molecule has 2 aromatic heterocycles. The van der Waals surface area contributed by atoms with Gasteiger partial charge in [-0.15, -0.1) is 0 Å². The fourth-order valence-electron chi connectivity index (χ4n) is 3.16. The number of aromatic nitrogens is 3. The third-order valence-electron chi connectivity index (χ3n) is 4.42. The lowest BCUT2D eigenvalue weighted by molar-refractivity contribution is 0.0933. The van der Waals surface area contributed by atoms with Crippen LogP contribution in [-0.4, -0.2) is 28.3 Å². The zero-order chi connectivity index (χ0) is 17.1. The van der Waals surface area contributed by atoms with Crippen molar-refractivity contribution >= 4 is 5.82 Å². The van der Waals surface area contributed by atoms with Crippen LogP contribution in [0, 0.1) is 12.8 Å². The van der Waals surface area contributed by atoms with Crippen molar-refractivity contribution in [2.24, 2.45) is 5.92 Å². The first-order valence-corrected chi connectivity index (χ1v) is 8.47. The van der Waals surface area contributed by atoms with Gasteiger partial charge in [0.25, 0.3) is 5.89 Å². The van der Waals surface area contributed by atoms with Crippen LogP contribution in [-0.2, 0) is 4.74 Å². The van der Waals surface area contributed by atoms with Crippen molar-refractivity contribution in [1.82, 2.24) is 15.1 Å². The van der Waals surface area contributed by atoms with E-state index < -0.39 is 0 Å². The number of pyridine rings is 1. The van der Waals surface area contributed by atoms with Crippen LogP contribution in [0.15, 0.2) is 53.2 Å². The van der Waals surface area contributed by atoms with Crippen molar-refractivity contribution in [3.05, 3.63) is 60.0 Å². The van der Waals surface area contributed by atoms with Crippen molar-refractivity contribution in [3.63, 3.8) is 0 Å². The number of hydrogen-bond acceptors (Lipinski definition) is 6. The summed E-state index contributed by atoms with van der Waals surface area (Å²) in [5, 5.41) is 7.25. The van der Waals surface area contributed by atoms with Gasteiger partial charge in [0.15, 0.2) is 5.82 Å². The van der Waals surface area contributed by atoms with E-state index in [1.807, 2.05) is 18.2 Å². The number of aryl methyl sites for hydroxylation is 1. The van der Waals surface area contributed by atoms with Crippen LogP contribution in [0.25, 0.3) is 11.5 Å². The van der Waals surface area contributed by atoms with E-state index in [1.165, 1.54) is 5.56 Å². The van der Waals surface area contributed by atoms with E-state index in [2.05, 4.69) is 44.7 Å². The Morgan fingerprint density at radius 2 is 2.08 bits per heavy atom. The monoisotopic (exact) mass is 336 g/mol. The maximum atomic E-state index is 5.94. The number of nitrogens with one attached hydrogen (secondary N) is 1. The summed E-state index contributed by atoms with van der Waals surface area (Å²) < 4.78 is 11.2. The fourth-order valence-corrected chi connectivity index (χ4v) is 3.16. The molecule has 2 atom stereocenters. The first kappa shape index (κ1) is 15.8. The topological polar surface area (TPSA) is 73.1 Å². The predicted octanol–water partition coefficient (Wildman–Crippen LogP) is 3.63. The van der Waals surface area contributed by atoms with Crippen molar-refractivity contribution in [1.29, 1.82) is 0 Å². The molecule has 1 aromatic carbocycles. The highest BCUT2D eigenvalue weighted by molar-refractivity contribution is 5.57. The third-order valence-corrected chi connectivity index (χ3v) is 4.42. The molecule has 25 heavy (non-hydrogen) atoms. The van der Waals surface area contributed by atoms with Crippen LogP contribution in [0.5, 0.6) is 0 Å². The Labute approximate surface area is 146 Å². The number of rotatable bonds is 5. The van der Waals surface area contributed by atoms with Gasteiger partial charge in [0, 0.05) is 30.8 Å². The Morgan fingerprint density at radius 1 is 1.20 bits per heavy atom. The quantitative estimate of drug-likeness (QED) is 0.767. The van der Waals surface area contributed by atoms with Gasteiger partial charge in [-0.25, -0.2) is 4.98 Å². The molecule has 3 heterocycles. The Bertz CT molecular complexity index is 834. The second-order valence-electron chi connectivity index (χ2n) is 6.21. The minimum Gasteiger partial charge on any atom is -0.373 e. The molecule has 1 saturated heterocycles. The molecular formula is C19H20N4O2. The van der Waals surface area contributed by atoms with Crippen molar-refractivity contribution in [3.8, 4) is 11.5 Å². The first-order valence-electron chi connectivity index (χ1n) is 8.47. The molecular weight excluding hydrogens is 316 g/mol. The molecule has 1 fully saturated rings. The summed E-state index contributed by atoms with van der Waals surface area (Å²) in [6.45, 7) is 3.40. The maximum Gasteiger partial charge on any atom is 0.258 e. The lowest BCUT2D eigenvalue weighted by atomic mass is 9.95. The molecule has 1 N–H and O–H groups in total. The lowest BCUT2D eigenvalue weighted by Gasteiger charge is -2.19. The normalized spacial score (nSPS) is 19.9. The first-order chi connectivity index (χ1) is 12.3. The van der Waals surface area contributed by atoms with Gasteiger partial charge in [-0.1, -0.05) is 35.5 Å². The fraction of sp³-hybridized carbons (Fsp3) is 0.316. The second-order valence-corrected chi connectivity index (χ2v) is 6.21. The van der Waals surface area contributed by atoms with Gasteiger partial charge in [0.1, 0.15) is 5.82 Å². The van der Waals surface area contributed by atoms with Crippen LogP contribution in [0.4, 0.5) is 5.82 Å². The van der Waals surface area contributed by atoms with Crippen molar-refractivity contribution in [2.45, 2.75) is 19.4 Å². The molecule has 1 aliphatic heterocycles. The van der Waals surface area contributed by atoms with Crippen molar-refractivity contribution in [2.75, 3.05) is 18.5 Å². The summed E-state index contributed by atoms with van der Waals surface area (Å²) in [4.78, 5) is 8.65. The van der Waals surface area contributed by atoms with Crippen molar-refractivity contribution < 1.29 is 9.26 Å². The van der Waals surface area contributed by atoms with Gasteiger partial charge in [-0.3, -0.25) is 0 Å². The molecule has 0 aliphatic carbocycles. The minimum atomic E-state index is 0.135. The minimum absolute atomic E-state index is 0.135. The number of nitrogens with zero attached hydrogens (tertiary/aromatic N) is 3. The van der Waals surface area contributed by atoms with Crippen LogP contribution in [0.1, 0.15) is 23.9 Å². The van der Waals surface area contributed by atoms with Crippen LogP contribution in [0.3, 0.4) is 0 Å². The number of ether oxygens (including phenoxy) is 1. The Kier molecular flexibility index (Phi) is 4.43. The van der Waals surface area contributed by atoms with E-state index in [0.29, 0.717) is 17.6 Å². The standard InChI is InChI=1S/C19H20N4O2/c1-13-22-19(25-23-13)15-7-9-20-17(11-15)21-12-16-8-10-24-18(16)14-5-3-2-4-6-14/h2-7,9,11,16,18H,8,10,12H2,1H3,(H,20,21). The average molecular weight is 336 g/mol. The summed E-state index contributed by atoms with van der Waals surface area (Å²) in [6.07, 6.45) is 2.92. The Morgan fingerprint density at radius 3 is 2.88 bits per heavy atom. The smallest absolute Gasteiger partial charge is 0.258 e. The Balaban J connectivity index is 1.44. The molecule has 128 valence electrons. The van der Waals surface area contributed by atoms with E-state index in [9.17, 15) is 0 Å². The molecule has 0 spiro atoms. The van der Waals surface area contributed by atoms with Crippen LogP contribution in [0.2, 0.25) is 0 Å². The van der Waals surface area contributed by atoms with Gasteiger partial charge >= 0.3 is 0 Å². The molecule has 0 amide bonds. The van der Waals surface area contributed by atoms with E-state index in [4.69, 9.17) is 9.26 Å². The second kappa shape index (κ2) is 7.03. The van der Waals surface area contributed by atoms with E-state index in [-0.39, 0.29) is 6.10 Å². The molecule has 6 heteroatoms. The third kappa shape index (κ3) is 3.53. The van der Waals surface area contributed by atoms with Gasteiger partial charge in [-0.05, 0) is 31.0 Å². The molecule has 4 rings (SSSR count). The van der Waals surface area contributed by atoms with E-state index >= 15 is 0 Å². The van der Waals surface area contributed by atoms with Gasteiger partial charge in [-0.2, -0.15) is 4.98 Å². The zero-order valence-corrected chi connectivity index (χ0v) is 14.1.